The van der Waals surface area contributed by atoms with E-state index in [1.807, 2.05) is 12.1 Å². The Hall–Kier alpha value is -4.66. The second kappa shape index (κ2) is 9.23. The lowest BCUT2D eigenvalue weighted by atomic mass is 9.98. The zero-order chi connectivity index (χ0) is 23.4. The van der Waals surface area contributed by atoms with Gasteiger partial charge < -0.3 is 10.4 Å². The highest BCUT2D eigenvalue weighted by Gasteiger charge is 2.23. The number of nitrogens with one attached hydrogen (secondary N) is 1. The molecule has 1 aromatic heterocycles. The van der Waals surface area contributed by atoms with Crippen molar-refractivity contribution >= 4 is 11.6 Å². The predicted molar refractivity (Wildman–Crippen MR) is 117 cm³/mol. The number of hydrogen-bond acceptors (Lipinski definition) is 6. The van der Waals surface area contributed by atoms with Gasteiger partial charge in [0.25, 0.3) is 0 Å². The SMILES string of the molecule is N#Cc1ccc(Nc2nccc([C@@H](O)c3c(F)cc(-c4ccc(C#N)cc4)cc3F)n2)cc1. The second-order valence-electron chi connectivity index (χ2n) is 7.06. The molecule has 0 bridgehead atoms. The first-order valence-electron chi connectivity index (χ1n) is 9.76. The molecule has 0 amide bonds. The number of hydrogen-bond donors (Lipinski definition) is 2. The summed E-state index contributed by atoms with van der Waals surface area (Å²) in [6, 6.07) is 20.4. The van der Waals surface area contributed by atoms with Gasteiger partial charge in [-0.25, -0.2) is 18.7 Å². The number of anilines is 2. The molecule has 4 aromatic rings. The molecule has 160 valence electrons. The molecular weight excluding hydrogens is 424 g/mol. The van der Waals surface area contributed by atoms with Gasteiger partial charge in [0.1, 0.15) is 17.7 Å². The number of aliphatic hydroxyl groups is 1. The van der Waals surface area contributed by atoms with E-state index < -0.39 is 23.3 Å². The minimum Gasteiger partial charge on any atom is -0.382 e. The van der Waals surface area contributed by atoms with Crippen molar-refractivity contribution in [3.63, 3.8) is 0 Å². The fraction of sp³-hybridized carbons (Fsp3) is 0.0400. The first-order chi connectivity index (χ1) is 16.0. The molecule has 6 nitrogen and oxygen atoms in total. The number of nitrogens with zero attached hydrogens (tertiary/aromatic N) is 4. The van der Waals surface area contributed by atoms with Crippen molar-refractivity contribution in [2.75, 3.05) is 5.32 Å². The third-order valence-electron chi connectivity index (χ3n) is 4.93. The van der Waals surface area contributed by atoms with E-state index in [1.54, 1.807) is 48.5 Å². The van der Waals surface area contributed by atoms with E-state index in [-0.39, 0.29) is 17.2 Å². The maximum absolute atomic E-state index is 14.9. The number of benzene rings is 3. The Bertz CT molecular complexity index is 1370. The van der Waals surface area contributed by atoms with Crippen LogP contribution in [-0.2, 0) is 0 Å². The standard InChI is InChI=1S/C25H15F2N5O/c26-20-11-18(17-5-1-15(13-28)2-6-17)12-21(27)23(20)24(33)22-9-10-30-25(32-22)31-19-7-3-16(14-29)4-8-19/h1-12,24,33H,(H,30,31,32)/t24-/m1/s1. The normalized spacial score (nSPS) is 11.3. The minimum absolute atomic E-state index is 0.00469. The molecule has 0 aliphatic rings. The molecule has 0 spiro atoms. The Labute approximate surface area is 188 Å². The van der Waals surface area contributed by atoms with E-state index in [0.29, 0.717) is 22.4 Å². The van der Waals surface area contributed by atoms with E-state index in [2.05, 4.69) is 15.3 Å². The summed E-state index contributed by atoms with van der Waals surface area (Å²) >= 11 is 0. The smallest absolute Gasteiger partial charge is 0.227 e. The molecule has 0 aliphatic carbocycles. The highest BCUT2D eigenvalue weighted by atomic mass is 19.1. The van der Waals surface area contributed by atoms with Crippen molar-refractivity contribution in [3.8, 4) is 23.3 Å². The summed E-state index contributed by atoms with van der Waals surface area (Å²) in [5.74, 6) is -1.74. The van der Waals surface area contributed by atoms with Gasteiger partial charge in [-0.1, -0.05) is 12.1 Å². The maximum atomic E-state index is 14.9. The van der Waals surface area contributed by atoms with Crippen LogP contribution in [0.1, 0.15) is 28.5 Å². The third-order valence-corrected chi connectivity index (χ3v) is 4.93. The summed E-state index contributed by atoms with van der Waals surface area (Å²) in [5.41, 5.74) is 1.80. The molecule has 1 atom stereocenters. The van der Waals surface area contributed by atoms with Gasteiger partial charge in [0.05, 0.1) is 34.5 Å². The van der Waals surface area contributed by atoms with Crippen LogP contribution in [0.25, 0.3) is 11.1 Å². The van der Waals surface area contributed by atoms with Crippen molar-refractivity contribution in [2.45, 2.75) is 6.10 Å². The van der Waals surface area contributed by atoms with Crippen LogP contribution in [0.4, 0.5) is 20.4 Å². The molecule has 0 saturated heterocycles. The van der Waals surface area contributed by atoms with Crippen LogP contribution in [0.3, 0.4) is 0 Å². The third kappa shape index (κ3) is 4.67. The van der Waals surface area contributed by atoms with Gasteiger partial charge in [0, 0.05) is 11.9 Å². The summed E-state index contributed by atoms with van der Waals surface area (Å²) in [7, 11) is 0. The molecule has 0 saturated carbocycles. The van der Waals surface area contributed by atoms with Crippen LogP contribution in [0, 0.1) is 34.3 Å². The first kappa shape index (κ1) is 21.6. The highest BCUT2D eigenvalue weighted by Crippen LogP contribution is 2.31. The zero-order valence-electron chi connectivity index (χ0n) is 17.0. The van der Waals surface area contributed by atoms with Gasteiger partial charge in [-0.3, -0.25) is 0 Å². The molecule has 0 radical (unpaired) electrons. The number of halogens is 2. The van der Waals surface area contributed by atoms with Crippen LogP contribution in [0.15, 0.2) is 72.9 Å². The monoisotopic (exact) mass is 439 g/mol. The average molecular weight is 439 g/mol. The van der Waals surface area contributed by atoms with Gasteiger partial charge in [-0.15, -0.1) is 0 Å². The molecule has 0 unspecified atom stereocenters. The van der Waals surface area contributed by atoms with Crippen molar-refractivity contribution in [1.29, 1.82) is 10.5 Å². The maximum Gasteiger partial charge on any atom is 0.227 e. The van der Waals surface area contributed by atoms with E-state index in [1.165, 1.54) is 12.3 Å². The molecule has 3 aromatic carbocycles. The van der Waals surface area contributed by atoms with Crippen LogP contribution in [0.2, 0.25) is 0 Å². The molecule has 0 fully saturated rings. The molecule has 1 heterocycles. The van der Waals surface area contributed by atoms with Gasteiger partial charge in [0.2, 0.25) is 5.95 Å². The summed E-state index contributed by atoms with van der Waals surface area (Å²) in [6.45, 7) is 0. The Morgan fingerprint density at radius 1 is 0.818 bits per heavy atom. The fourth-order valence-corrected chi connectivity index (χ4v) is 3.24. The summed E-state index contributed by atoms with van der Waals surface area (Å²) in [6.07, 6.45) is -0.303. The van der Waals surface area contributed by atoms with Crippen molar-refractivity contribution < 1.29 is 13.9 Å². The van der Waals surface area contributed by atoms with Crippen LogP contribution in [-0.4, -0.2) is 15.1 Å². The van der Waals surface area contributed by atoms with Gasteiger partial charge in [-0.2, -0.15) is 10.5 Å². The lowest BCUT2D eigenvalue weighted by Crippen LogP contribution is -2.10. The zero-order valence-corrected chi connectivity index (χ0v) is 17.0. The van der Waals surface area contributed by atoms with Gasteiger partial charge in [0.15, 0.2) is 0 Å². The van der Waals surface area contributed by atoms with Crippen molar-refractivity contribution in [2.24, 2.45) is 0 Å². The lowest BCUT2D eigenvalue weighted by Gasteiger charge is -2.15. The Kier molecular flexibility index (Phi) is 6.03. The van der Waals surface area contributed by atoms with Crippen molar-refractivity contribution in [1.82, 2.24) is 9.97 Å². The molecule has 8 heteroatoms. The molecule has 2 N–H and O–H groups in total. The summed E-state index contributed by atoms with van der Waals surface area (Å²) in [4.78, 5) is 8.22. The molecule has 33 heavy (non-hydrogen) atoms. The van der Waals surface area contributed by atoms with E-state index in [0.717, 1.165) is 12.1 Å². The van der Waals surface area contributed by atoms with Crippen LogP contribution >= 0.6 is 0 Å². The van der Waals surface area contributed by atoms with Crippen LogP contribution < -0.4 is 5.32 Å². The van der Waals surface area contributed by atoms with Gasteiger partial charge in [-0.05, 0) is 65.7 Å². The second-order valence-corrected chi connectivity index (χ2v) is 7.06. The van der Waals surface area contributed by atoms with Gasteiger partial charge >= 0.3 is 0 Å². The van der Waals surface area contributed by atoms with Crippen molar-refractivity contribution in [3.05, 3.63) is 107 Å². The number of rotatable bonds is 5. The Balaban J connectivity index is 1.60. The average Bonchev–Trinajstić information content (AvgIpc) is 2.84. The minimum atomic E-state index is -1.66. The predicted octanol–water partition coefficient (Wildman–Crippen LogP) is 4.99. The molecule has 0 aliphatic heterocycles. The van der Waals surface area contributed by atoms with Crippen LogP contribution in [0.5, 0.6) is 0 Å². The number of aliphatic hydroxyl groups excluding tert-OH is 1. The van der Waals surface area contributed by atoms with E-state index in [4.69, 9.17) is 10.5 Å². The Morgan fingerprint density at radius 3 is 1.97 bits per heavy atom. The topological polar surface area (TPSA) is 106 Å². The summed E-state index contributed by atoms with van der Waals surface area (Å²) in [5, 5.41) is 31.4. The molecule has 4 rings (SSSR count). The summed E-state index contributed by atoms with van der Waals surface area (Å²) < 4.78 is 29.7. The largest absolute Gasteiger partial charge is 0.382 e. The number of nitriles is 2. The fourth-order valence-electron chi connectivity index (χ4n) is 3.24. The first-order valence-corrected chi connectivity index (χ1v) is 9.76. The highest BCUT2D eigenvalue weighted by molar-refractivity contribution is 5.65. The quantitative estimate of drug-likeness (QED) is 0.454. The van der Waals surface area contributed by atoms with E-state index >= 15 is 0 Å². The van der Waals surface area contributed by atoms with E-state index in [9.17, 15) is 13.9 Å². The Morgan fingerprint density at radius 2 is 1.39 bits per heavy atom. The molecular formula is C25H15F2N5O. The number of aromatic nitrogens is 2. The lowest BCUT2D eigenvalue weighted by molar-refractivity contribution is 0.204.